The molecule has 2 aromatic heterocycles. The maximum atomic E-state index is 13.7. The third kappa shape index (κ3) is 5.37. The minimum Gasteiger partial charge on any atom is -0.618 e. The average molecular weight is 540 g/mol. The van der Waals surface area contributed by atoms with Gasteiger partial charge in [0.25, 0.3) is 0 Å². The summed E-state index contributed by atoms with van der Waals surface area (Å²) in [5, 5.41) is 22.9. The van der Waals surface area contributed by atoms with E-state index in [0.717, 1.165) is 11.1 Å². The molecule has 0 aliphatic carbocycles. The Labute approximate surface area is 228 Å². The van der Waals surface area contributed by atoms with Crippen molar-refractivity contribution in [2.45, 2.75) is 13.3 Å². The van der Waals surface area contributed by atoms with Crippen LogP contribution in [-0.2, 0) is 11.2 Å². The maximum absolute atomic E-state index is 13.7. The molecule has 0 saturated heterocycles. The zero-order chi connectivity index (χ0) is 27.5. The summed E-state index contributed by atoms with van der Waals surface area (Å²) in [5.41, 5.74) is 4.31. The molecule has 0 aliphatic rings. The Bertz CT molecular complexity index is 1670. The van der Waals surface area contributed by atoms with Crippen LogP contribution in [0.25, 0.3) is 22.5 Å². The zero-order valence-electron chi connectivity index (χ0n) is 20.7. The maximum Gasteiger partial charge on any atom is 0.335 e. The van der Waals surface area contributed by atoms with Gasteiger partial charge in [0.05, 0.1) is 17.4 Å². The minimum atomic E-state index is -1.06. The monoisotopic (exact) mass is 539 g/mol. The SMILES string of the molecule is Cc1ccccc1N(C(=O)Cc1ccc(-c2cc(Cl)ccc2-c2cnco2)c[n+]1[O-])c1ccc(C(=O)O)cc1. The van der Waals surface area contributed by atoms with Gasteiger partial charge in [0.2, 0.25) is 11.6 Å². The molecule has 1 N–H and O–H groups in total. The van der Waals surface area contributed by atoms with E-state index in [0.29, 0.717) is 38.0 Å². The predicted octanol–water partition coefficient (Wildman–Crippen LogP) is 6.21. The van der Waals surface area contributed by atoms with E-state index in [1.54, 1.807) is 54.7 Å². The molecule has 0 fully saturated rings. The number of amides is 1. The first-order chi connectivity index (χ1) is 18.8. The normalized spacial score (nSPS) is 10.8. The number of carboxylic acid groups (broad SMARTS) is 1. The number of aromatic nitrogens is 2. The van der Waals surface area contributed by atoms with Crippen molar-refractivity contribution in [2.24, 2.45) is 0 Å². The predicted molar refractivity (Wildman–Crippen MR) is 147 cm³/mol. The summed E-state index contributed by atoms with van der Waals surface area (Å²) in [6, 6.07) is 22.0. The van der Waals surface area contributed by atoms with Crippen molar-refractivity contribution >= 4 is 34.9 Å². The molecule has 0 bridgehead atoms. The number of anilines is 2. The van der Waals surface area contributed by atoms with Crippen molar-refractivity contribution < 1.29 is 23.8 Å². The smallest absolute Gasteiger partial charge is 0.335 e. The second kappa shape index (κ2) is 10.8. The van der Waals surface area contributed by atoms with Crippen molar-refractivity contribution in [1.29, 1.82) is 0 Å². The lowest BCUT2D eigenvalue weighted by Gasteiger charge is -2.24. The Balaban J connectivity index is 1.49. The number of benzene rings is 3. The number of carbonyl (C=O) groups is 2. The van der Waals surface area contributed by atoms with Gasteiger partial charge in [0.15, 0.2) is 18.4 Å². The number of hydrogen-bond donors (Lipinski definition) is 1. The zero-order valence-corrected chi connectivity index (χ0v) is 21.5. The highest BCUT2D eigenvalue weighted by atomic mass is 35.5. The second-order valence-electron chi connectivity index (χ2n) is 8.83. The third-order valence-corrected chi connectivity index (χ3v) is 6.53. The molecule has 8 nitrogen and oxygen atoms in total. The third-order valence-electron chi connectivity index (χ3n) is 6.30. The molecule has 0 radical (unpaired) electrons. The summed E-state index contributed by atoms with van der Waals surface area (Å²) in [5.74, 6) is -0.884. The summed E-state index contributed by atoms with van der Waals surface area (Å²) < 4.78 is 6.12. The number of pyridine rings is 1. The Morgan fingerprint density at radius 1 is 1.03 bits per heavy atom. The molecule has 194 valence electrons. The fraction of sp³-hybridized carbons (Fsp3) is 0.0667. The molecule has 5 rings (SSSR count). The first kappa shape index (κ1) is 25.7. The molecule has 0 atom stereocenters. The topological polar surface area (TPSA) is 111 Å². The Morgan fingerprint density at radius 2 is 1.79 bits per heavy atom. The van der Waals surface area contributed by atoms with E-state index in [4.69, 9.17) is 16.0 Å². The summed E-state index contributed by atoms with van der Waals surface area (Å²) in [6.07, 6.45) is 4.11. The summed E-state index contributed by atoms with van der Waals surface area (Å²) in [7, 11) is 0. The lowest BCUT2D eigenvalue weighted by molar-refractivity contribution is -0.612. The van der Waals surface area contributed by atoms with Gasteiger partial charge >= 0.3 is 5.97 Å². The van der Waals surface area contributed by atoms with Crippen LogP contribution in [0.4, 0.5) is 11.4 Å². The highest BCUT2D eigenvalue weighted by molar-refractivity contribution is 6.31. The van der Waals surface area contributed by atoms with Gasteiger partial charge < -0.3 is 14.7 Å². The van der Waals surface area contributed by atoms with Gasteiger partial charge in [0.1, 0.15) is 6.42 Å². The van der Waals surface area contributed by atoms with E-state index < -0.39 is 5.97 Å². The molecule has 0 aliphatic heterocycles. The van der Waals surface area contributed by atoms with Crippen LogP contribution < -0.4 is 9.63 Å². The van der Waals surface area contributed by atoms with Gasteiger partial charge in [-0.05, 0) is 67.1 Å². The number of carbonyl (C=O) groups excluding carboxylic acids is 1. The molecule has 0 saturated carbocycles. The van der Waals surface area contributed by atoms with E-state index in [1.807, 2.05) is 25.1 Å². The second-order valence-corrected chi connectivity index (χ2v) is 9.27. The van der Waals surface area contributed by atoms with Gasteiger partial charge in [0, 0.05) is 33.5 Å². The van der Waals surface area contributed by atoms with E-state index in [2.05, 4.69) is 4.98 Å². The van der Waals surface area contributed by atoms with Crippen LogP contribution in [0.5, 0.6) is 0 Å². The van der Waals surface area contributed by atoms with E-state index in [-0.39, 0.29) is 23.6 Å². The van der Waals surface area contributed by atoms with Gasteiger partial charge in [-0.15, -0.1) is 0 Å². The van der Waals surface area contributed by atoms with Gasteiger partial charge in [-0.3, -0.25) is 9.69 Å². The van der Waals surface area contributed by atoms with Crippen LogP contribution in [0.3, 0.4) is 0 Å². The fourth-order valence-electron chi connectivity index (χ4n) is 4.35. The molecule has 39 heavy (non-hydrogen) atoms. The first-order valence-electron chi connectivity index (χ1n) is 11.9. The molecule has 9 heteroatoms. The van der Waals surface area contributed by atoms with Crippen molar-refractivity contribution in [3.05, 3.63) is 125 Å². The molecule has 3 aromatic carbocycles. The van der Waals surface area contributed by atoms with Crippen LogP contribution >= 0.6 is 11.6 Å². The molecule has 0 spiro atoms. The summed E-state index contributed by atoms with van der Waals surface area (Å²) >= 11 is 6.25. The highest BCUT2D eigenvalue weighted by Gasteiger charge is 2.24. The van der Waals surface area contributed by atoms with E-state index in [1.165, 1.54) is 29.6 Å². The first-order valence-corrected chi connectivity index (χ1v) is 12.3. The number of oxazole rings is 1. The van der Waals surface area contributed by atoms with Crippen LogP contribution in [0.15, 0.2) is 102 Å². The van der Waals surface area contributed by atoms with Crippen LogP contribution in [0.2, 0.25) is 5.02 Å². The quantitative estimate of drug-likeness (QED) is 0.194. The van der Waals surface area contributed by atoms with E-state index in [9.17, 15) is 19.9 Å². The van der Waals surface area contributed by atoms with Gasteiger partial charge in [-0.25, -0.2) is 9.78 Å². The summed E-state index contributed by atoms with van der Waals surface area (Å²) in [6.45, 7) is 1.88. The van der Waals surface area contributed by atoms with Crippen LogP contribution in [0.1, 0.15) is 21.6 Å². The molecule has 1 amide bonds. The van der Waals surface area contributed by atoms with Crippen molar-refractivity contribution in [3.63, 3.8) is 0 Å². The number of aryl methyl sites for hydroxylation is 1. The summed E-state index contributed by atoms with van der Waals surface area (Å²) in [4.78, 5) is 30.5. The van der Waals surface area contributed by atoms with Crippen molar-refractivity contribution in [1.82, 2.24) is 4.98 Å². The minimum absolute atomic E-state index is 0.106. The molecule has 5 aromatic rings. The largest absolute Gasteiger partial charge is 0.618 e. The number of para-hydroxylation sites is 1. The number of hydrogen-bond acceptors (Lipinski definition) is 5. The van der Waals surface area contributed by atoms with Crippen molar-refractivity contribution in [3.8, 4) is 22.5 Å². The average Bonchev–Trinajstić information content (AvgIpc) is 3.46. The van der Waals surface area contributed by atoms with Crippen LogP contribution in [-0.4, -0.2) is 22.0 Å². The Morgan fingerprint density at radius 3 is 2.46 bits per heavy atom. The fourth-order valence-corrected chi connectivity index (χ4v) is 4.52. The van der Waals surface area contributed by atoms with Crippen LogP contribution in [0, 0.1) is 12.1 Å². The van der Waals surface area contributed by atoms with Crippen molar-refractivity contribution in [2.75, 3.05) is 4.90 Å². The molecular weight excluding hydrogens is 518 g/mol. The standard InChI is InChI=1S/C30H22ClN3O5/c1-19-4-2-3-5-27(19)34(23-10-6-20(7-11-23)30(36)37)29(35)15-24-12-8-21(17-33(24)38)26-14-22(31)9-13-25(26)28-16-32-18-39-28/h2-14,16-18H,15H2,1H3,(H,36,37). The molecular formula is C30H22ClN3O5. The van der Waals surface area contributed by atoms with E-state index >= 15 is 0 Å². The number of rotatable bonds is 7. The Kier molecular flexibility index (Phi) is 7.12. The lowest BCUT2D eigenvalue weighted by Crippen LogP contribution is -2.36. The number of halogens is 1. The van der Waals surface area contributed by atoms with Gasteiger partial charge in [-0.2, -0.15) is 4.73 Å². The number of nitrogens with zero attached hydrogens (tertiary/aromatic N) is 3. The molecule has 0 unspecified atom stereocenters. The Hall–Kier alpha value is -4.95. The molecule has 2 heterocycles. The van der Waals surface area contributed by atoms with Gasteiger partial charge in [-0.1, -0.05) is 29.8 Å². The highest BCUT2D eigenvalue weighted by Crippen LogP contribution is 2.34. The number of carboxylic acids is 1. The number of aromatic carboxylic acids is 1. The lowest BCUT2D eigenvalue weighted by atomic mass is 9.99.